The predicted octanol–water partition coefficient (Wildman–Crippen LogP) is 2.40. The standard InChI is InChI=1S/C6H10ClN3S/c1-2-3-4-8-6-9-5(7)10-11-6/h2-4H2,1H3,(H,8,9,10). The average molecular weight is 192 g/mol. The summed E-state index contributed by atoms with van der Waals surface area (Å²) in [4.78, 5) is 3.94. The van der Waals surface area contributed by atoms with Crippen LogP contribution >= 0.6 is 23.1 Å². The second-order valence-electron chi connectivity index (χ2n) is 2.15. The first-order chi connectivity index (χ1) is 5.33. The molecule has 0 saturated heterocycles. The lowest BCUT2D eigenvalue weighted by atomic mass is 10.3. The Kier molecular flexibility index (Phi) is 3.59. The van der Waals surface area contributed by atoms with Gasteiger partial charge in [-0.3, -0.25) is 0 Å². The SMILES string of the molecule is CCCCNc1nc(Cl)ns1. The lowest BCUT2D eigenvalue weighted by Crippen LogP contribution is -1.99. The molecule has 1 aromatic heterocycles. The van der Waals surface area contributed by atoms with E-state index in [1.54, 1.807) is 0 Å². The molecule has 1 N–H and O–H groups in total. The van der Waals surface area contributed by atoms with Crippen molar-refractivity contribution in [1.29, 1.82) is 0 Å². The van der Waals surface area contributed by atoms with Gasteiger partial charge in [0, 0.05) is 18.1 Å². The van der Waals surface area contributed by atoms with Crippen LogP contribution in [-0.2, 0) is 0 Å². The molecular weight excluding hydrogens is 182 g/mol. The Balaban J connectivity index is 2.27. The Morgan fingerprint density at radius 3 is 3.00 bits per heavy atom. The van der Waals surface area contributed by atoms with Gasteiger partial charge >= 0.3 is 0 Å². The molecule has 0 aliphatic rings. The molecule has 0 saturated carbocycles. The van der Waals surface area contributed by atoms with Crippen molar-refractivity contribution in [2.75, 3.05) is 11.9 Å². The normalized spacial score (nSPS) is 10.0. The highest BCUT2D eigenvalue weighted by Gasteiger charge is 1.98. The molecule has 0 atom stereocenters. The molecule has 3 nitrogen and oxygen atoms in total. The summed E-state index contributed by atoms with van der Waals surface area (Å²) in [6.45, 7) is 3.09. The molecule has 0 radical (unpaired) electrons. The quantitative estimate of drug-likeness (QED) is 0.743. The predicted molar refractivity (Wildman–Crippen MR) is 48.3 cm³/mol. The van der Waals surface area contributed by atoms with Gasteiger partial charge in [-0.25, -0.2) is 0 Å². The molecule has 11 heavy (non-hydrogen) atoms. The fraction of sp³-hybridized carbons (Fsp3) is 0.667. The molecule has 0 aliphatic heterocycles. The molecule has 0 fully saturated rings. The van der Waals surface area contributed by atoms with Crippen molar-refractivity contribution in [2.24, 2.45) is 0 Å². The van der Waals surface area contributed by atoms with Crippen molar-refractivity contribution < 1.29 is 0 Å². The summed E-state index contributed by atoms with van der Waals surface area (Å²) in [5, 5.41) is 4.26. The molecular formula is C6H10ClN3S. The van der Waals surface area contributed by atoms with Crippen LogP contribution in [0.25, 0.3) is 0 Å². The highest BCUT2D eigenvalue weighted by Crippen LogP contribution is 2.13. The number of rotatable bonds is 4. The van der Waals surface area contributed by atoms with E-state index in [1.807, 2.05) is 0 Å². The molecule has 0 aromatic carbocycles. The van der Waals surface area contributed by atoms with E-state index < -0.39 is 0 Å². The van der Waals surface area contributed by atoms with Crippen molar-refractivity contribution in [1.82, 2.24) is 9.36 Å². The Morgan fingerprint density at radius 2 is 2.45 bits per heavy atom. The van der Waals surface area contributed by atoms with E-state index in [0.29, 0.717) is 5.28 Å². The van der Waals surface area contributed by atoms with Gasteiger partial charge in [-0.15, -0.1) is 0 Å². The summed E-state index contributed by atoms with van der Waals surface area (Å²) in [5.74, 6) is 0. The van der Waals surface area contributed by atoms with E-state index in [2.05, 4.69) is 21.6 Å². The Labute approximate surface area is 75.0 Å². The van der Waals surface area contributed by atoms with E-state index in [9.17, 15) is 0 Å². The zero-order valence-corrected chi connectivity index (χ0v) is 7.87. The van der Waals surface area contributed by atoms with Crippen LogP contribution in [-0.4, -0.2) is 15.9 Å². The number of aromatic nitrogens is 2. The first kappa shape index (κ1) is 8.74. The minimum atomic E-state index is 0.328. The number of unbranched alkanes of at least 4 members (excludes halogenated alkanes) is 1. The molecule has 0 spiro atoms. The fourth-order valence-electron chi connectivity index (χ4n) is 0.649. The van der Waals surface area contributed by atoms with Gasteiger partial charge in [0.05, 0.1) is 0 Å². The molecule has 0 bridgehead atoms. The molecule has 1 rings (SSSR count). The van der Waals surface area contributed by atoms with Crippen LogP contribution in [0, 0.1) is 0 Å². The van der Waals surface area contributed by atoms with E-state index in [0.717, 1.165) is 18.1 Å². The molecule has 0 aliphatic carbocycles. The smallest absolute Gasteiger partial charge is 0.236 e. The highest BCUT2D eigenvalue weighted by atomic mass is 35.5. The van der Waals surface area contributed by atoms with Crippen molar-refractivity contribution in [3.63, 3.8) is 0 Å². The Morgan fingerprint density at radius 1 is 1.64 bits per heavy atom. The first-order valence-electron chi connectivity index (χ1n) is 3.56. The third kappa shape index (κ3) is 3.03. The van der Waals surface area contributed by atoms with E-state index in [4.69, 9.17) is 11.6 Å². The number of nitrogens with zero attached hydrogens (tertiary/aromatic N) is 2. The van der Waals surface area contributed by atoms with Gasteiger partial charge in [-0.05, 0) is 18.0 Å². The number of anilines is 1. The van der Waals surface area contributed by atoms with Crippen molar-refractivity contribution >= 4 is 28.3 Å². The largest absolute Gasteiger partial charge is 0.360 e. The molecule has 1 aromatic rings. The second-order valence-corrected chi connectivity index (χ2v) is 3.24. The molecule has 62 valence electrons. The first-order valence-corrected chi connectivity index (χ1v) is 4.71. The fourth-order valence-corrected chi connectivity index (χ4v) is 1.38. The lowest BCUT2D eigenvalue weighted by Gasteiger charge is -1.97. The van der Waals surface area contributed by atoms with Crippen molar-refractivity contribution in [3.8, 4) is 0 Å². The zero-order valence-electron chi connectivity index (χ0n) is 6.30. The maximum absolute atomic E-state index is 5.52. The number of nitrogens with one attached hydrogen (secondary N) is 1. The average Bonchev–Trinajstić information content (AvgIpc) is 2.37. The maximum Gasteiger partial charge on any atom is 0.236 e. The van der Waals surface area contributed by atoms with Gasteiger partial charge in [0.15, 0.2) is 0 Å². The van der Waals surface area contributed by atoms with Crippen molar-refractivity contribution in [3.05, 3.63) is 5.28 Å². The number of hydrogen-bond donors (Lipinski definition) is 1. The van der Waals surface area contributed by atoms with Crippen LogP contribution in [0.1, 0.15) is 19.8 Å². The van der Waals surface area contributed by atoms with Crippen molar-refractivity contribution in [2.45, 2.75) is 19.8 Å². The van der Waals surface area contributed by atoms with Gasteiger partial charge in [0.1, 0.15) is 0 Å². The summed E-state index contributed by atoms with van der Waals surface area (Å²) in [5.41, 5.74) is 0. The van der Waals surface area contributed by atoms with E-state index in [1.165, 1.54) is 18.0 Å². The van der Waals surface area contributed by atoms with Crippen LogP contribution in [0.4, 0.5) is 5.13 Å². The summed E-state index contributed by atoms with van der Waals surface area (Å²) in [6, 6.07) is 0. The van der Waals surface area contributed by atoms with Crippen LogP contribution in [0.5, 0.6) is 0 Å². The topological polar surface area (TPSA) is 37.8 Å². The molecule has 0 unspecified atom stereocenters. The lowest BCUT2D eigenvalue weighted by molar-refractivity contribution is 0.833. The van der Waals surface area contributed by atoms with Gasteiger partial charge in [-0.2, -0.15) is 9.36 Å². The van der Waals surface area contributed by atoms with Crippen LogP contribution < -0.4 is 5.32 Å². The minimum Gasteiger partial charge on any atom is -0.360 e. The van der Waals surface area contributed by atoms with Gasteiger partial charge < -0.3 is 5.32 Å². The Hall–Kier alpha value is -0.350. The minimum absolute atomic E-state index is 0.328. The van der Waals surface area contributed by atoms with Crippen LogP contribution in [0.2, 0.25) is 5.28 Å². The highest BCUT2D eigenvalue weighted by molar-refractivity contribution is 7.09. The van der Waals surface area contributed by atoms with E-state index >= 15 is 0 Å². The van der Waals surface area contributed by atoms with Crippen LogP contribution in [0.3, 0.4) is 0 Å². The summed E-state index contributed by atoms with van der Waals surface area (Å²) < 4.78 is 3.83. The van der Waals surface area contributed by atoms with Crippen LogP contribution in [0.15, 0.2) is 0 Å². The third-order valence-electron chi connectivity index (χ3n) is 1.21. The molecule has 0 amide bonds. The molecule has 5 heteroatoms. The monoisotopic (exact) mass is 191 g/mol. The second kappa shape index (κ2) is 4.51. The Bertz CT molecular complexity index is 213. The summed E-state index contributed by atoms with van der Waals surface area (Å²) >= 11 is 6.82. The third-order valence-corrected chi connectivity index (χ3v) is 2.15. The van der Waals surface area contributed by atoms with Gasteiger partial charge in [0.25, 0.3) is 0 Å². The van der Waals surface area contributed by atoms with E-state index in [-0.39, 0.29) is 0 Å². The van der Waals surface area contributed by atoms with Gasteiger partial charge in [0.2, 0.25) is 10.4 Å². The van der Waals surface area contributed by atoms with Gasteiger partial charge in [-0.1, -0.05) is 13.3 Å². The molecule has 1 heterocycles. The summed E-state index contributed by atoms with van der Waals surface area (Å²) in [6.07, 6.45) is 2.33. The summed E-state index contributed by atoms with van der Waals surface area (Å²) in [7, 11) is 0. The number of hydrogen-bond acceptors (Lipinski definition) is 4. The maximum atomic E-state index is 5.52. The number of halogens is 1. The zero-order chi connectivity index (χ0) is 8.10.